The molecule has 0 radical (unpaired) electrons. The third-order valence-corrected chi connectivity index (χ3v) is 7.53. The van der Waals surface area contributed by atoms with Crippen molar-refractivity contribution in [1.82, 2.24) is 5.48 Å². The maximum absolute atomic E-state index is 11.8. The summed E-state index contributed by atoms with van der Waals surface area (Å²) >= 11 is 0. The number of hydrogen-bond acceptors (Lipinski definition) is 6. The molecule has 1 fully saturated rings. The van der Waals surface area contributed by atoms with Crippen LogP contribution in [0.5, 0.6) is 5.75 Å². The monoisotopic (exact) mass is 559 g/mol. The highest BCUT2D eigenvalue weighted by Crippen LogP contribution is 2.27. The fourth-order valence-electron chi connectivity index (χ4n) is 5.24. The molecule has 6 rings (SSSR count). The van der Waals surface area contributed by atoms with Crippen molar-refractivity contribution in [1.29, 1.82) is 0 Å². The minimum atomic E-state index is -0.542. The summed E-state index contributed by atoms with van der Waals surface area (Å²) in [6.07, 6.45) is 2.07. The Balaban J connectivity index is 1.23. The normalized spacial score (nSPS) is 13.7. The van der Waals surface area contributed by atoms with Crippen LogP contribution in [0.2, 0.25) is 0 Å². The molecule has 0 atom stereocenters. The van der Waals surface area contributed by atoms with Gasteiger partial charge in [0.05, 0.1) is 13.2 Å². The van der Waals surface area contributed by atoms with E-state index in [2.05, 4.69) is 70.9 Å². The second-order valence-corrected chi connectivity index (χ2v) is 10.3. The average molecular weight is 560 g/mol. The number of hydrogen-bond donors (Lipinski definition) is 3. The molecule has 212 valence electrons. The van der Waals surface area contributed by atoms with Crippen LogP contribution in [0.1, 0.15) is 15.9 Å². The molecule has 0 saturated carbocycles. The highest BCUT2D eigenvalue weighted by molar-refractivity contribution is 5.93. The van der Waals surface area contributed by atoms with Crippen LogP contribution >= 0.6 is 0 Å². The van der Waals surface area contributed by atoms with Crippen LogP contribution in [0.15, 0.2) is 109 Å². The predicted octanol–water partition coefficient (Wildman–Crippen LogP) is 6.52. The Kier molecular flexibility index (Phi) is 8.31. The minimum absolute atomic E-state index is 0.383. The van der Waals surface area contributed by atoms with Crippen LogP contribution in [-0.2, 0) is 4.74 Å². The summed E-state index contributed by atoms with van der Waals surface area (Å²) in [5, 5.41) is 17.1. The lowest BCUT2D eigenvalue weighted by Gasteiger charge is -2.29. The smallest absolute Gasteiger partial charge is 0.274 e. The second kappa shape index (κ2) is 12.8. The SMILES string of the molecule is O=C(NO)c1ccc(C=C(CNc2ccc3ccc(N4CCOCC4)cc3c2)COc2cccc3ccccc23)cc1. The topological polar surface area (TPSA) is 83.1 Å². The molecule has 0 spiro atoms. The molecule has 7 nitrogen and oxygen atoms in total. The van der Waals surface area contributed by atoms with Gasteiger partial charge in [0.15, 0.2) is 0 Å². The molecule has 0 aromatic heterocycles. The fourth-order valence-corrected chi connectivity index (χ4v) is 5.24. The Morgan fingerprint density at radius 1 is 0.857 bits per heavy atom. The van der Waals surface area contributed by atoms with E-state index in [1.165, 1.54) is 16.5 Å². The number of amides is 1. The van der Waals surface area contributed by atoms with Crippen LogP contribution in [-0.4, -0.2) is 50.6 Å². The highest BCUT2D eigenvalue weighted by Gasteiger charge is 2.12. The van der Waals surface area contributed by atoms with E-state index in [4.69, 9.17) is 14.7 Å². The van der Waals surface area contributed by atoms with E-state index in [0.29, 0.717) is 18.7 Å². The van der Waals surface area contributed by atoms with Gasteiger partial charge in [-0.1, -0.05) is 66.7 Å². The van der Waals surface area contributed by atoms with Gasteiger partial charge in [-0.3, -0.25) is 10.0 Å². The first kappa shape index (κ1) is 27.3. The number of nitrogens with one attached hydrogen (secondary N) is 2. The third kappa shape index (κ3) is 6.38. The van der Waals surface area contributed by atoms with Crippen molar-refractivity contribution in [3.05, 3.63) is 120 Å². The van der Waals surface area contributed by atoms with E-state index >= 15 is 0 Å². The quantitative estimate of drug-likeness (QED) is 0.141. The molecule has 42 heavy (non-hydrogen) atoms. The Morgan fingerprint density at radius 3 is 2.48 bits per heavy atom. The molecular formula is C35H33N3O4. The number of rotatable bonds is 9. The van der Waals surface area contributed by atoms with Gasteiger partial charge in [0.25, 0.3) is 5.91 Å². The zero-order valence-electron chi connectivity index (χ0n) is 23.3. The van der Waals surface area contributed by atoms with E-state index in [9.17, 15) is 4.79 Å². The van der Waals surface area contributed by atoms with Gasteiger partial charge in [0.1, 0.15) is 12.4 Å². The molecule has 1 saturated heterocycles. The van der Waals surface area contributed by atoms with E-state index in [1.807, 2.05) is 36.4 Å². The predicted molar refractivity (Wildman–Crippen MR) is 169 cm³/mol. The van der Waals surface area contributed by atoms with Crippen molar-refractivity contribution in [3.63, 3.8) is 0 Å². The van der Waals surface area contributed by atoms with E-state index in [0.717, 1.165) is 59.6 Å². The van der Waals surface area contributed by atoms with Crippen molar-refractivity contribution < 1.29 is 19.5 Å². The van der Waals surface area contributed by atoms with Crippen molar-refractivity contribution in [2.45, 2.75) is 0 Å². The zero-order valence-corrected chi connectivity index (χ0v) is 23.3. The van der Waals surface area contributed by atoms with Gasteiger partial charge in [-0.25, -0.2) is 5.48 Å². The summed E-state index contributed by atoms with van der Waals surface area (Å²) in [6.45, 7) is 4.27. The number of hydroxylamine groups is 1. The van der Waals surface area contributed by atoms with Gasteiger partial charge in [-0.15, -0.1) is 0 Å². The molecular weight excluding hydrogens is 526 g/mol. The van der Waals surface area contributed by atoms with E-state index < -0.39 is 5.91 Å². The molecule has 1 aliphatic heterocycles. The molecule has 1 heterocycles. The first-order valence-electron chi connectivity index (χ1n) is 14.1. The molecule has 0 unspecified atom stereocenters. The summed E-state index contributed by atoms with van der Waals surface area (Å²) in [5.41, 5.74) is 6.25. The van der Waals surface area contributed by atoms with Crippen LogP contribution < -0.4 is 20.4 Å². The largest absolute Gasteiger partial charge is 0.489 e. The highest BCUT2D eigenvalue weighted by atomic mass is 16.5. The standard InChI is InChI=1S/C35H33N3O4/c39-35(37-40)29-10-8-25(9-11-29)20-26(24-42-34-7-3-5-28-4-1-2-6-33(28)34)23-36-31-14-12-27-13-15-32(22-30(27)21-31)38-16-18-41-19-17-38/h1-15,20-22,36,40H,16-19,23-24H2,(H,37,39). The molecule has 7 heteroatoms. The number of carbonyl (C=O) groups excluding carboxylic acids is 1. The number of anilines is 2. The summed E-state index contributed by atoms with van der Waals surface area (Å²) in [6, 6.07) is 34.4. The number of ether oxygens (including phenoxy) is 2. The average Bonchev–Trinajstić information content (AvgIpc) is 3.06. The van der Waals surface area contributed by atoms with Gasteiger partial charge in [-0.05, 0) is 69.8 Å². The number of nitrogens with zero attached hydrogens (tertiary/aromatic N) is 1. The van der Waals surface area contributed by atoms with E-state index in [-0.39, 0.29) is 0 Å². The Labute approximate surface area is 244 Å². The molecule has 5 aromatic rings. The van der Waals surface area contributed by atoms with Gasteiger partial charge in [0, 0.05) is 42.0 Å². The summed E-state index contributed by atoms with van der Waals surface area (Å²) < 4.78 is 11.9. The molecule has 3 N–H and O–H groups in total. The molecule has 0 bridgehead atoms. The molecule has 1 amide bonds. The number of fused-ring (bicyclic) bond motifs is 2. The van der Waals surface area contributed by atoms with Crippen molar-refractivity contribution in [3.8, 4) is 5.75 Å². The maximum Gasteiger partial charge on any atom is 0.274 e. The number of carbonyl (C=O) groups is 1. The first-order valence-corrected chi connectivity index (χ1v) is 14.1. The lowest BCUT2D eigenvalue weighted by Crippen LogP contribution is -2.36. The summed E-state index contributed by atoms with van der Waals surface area (Å²) in [4.78, 5) is 14.1. The van der Waals surface area contributed by atoms with E-state index in [1.54, 1.807) is 17.6 Å². The Hall–Kier alpha value is -4.85. The summed E-state index contributed by atoms with van der Waals surface area (Å²) in [5.74, 6) is 0.287. The zero-order chi connectivity index (χ0) is 28.7. The summed E-state index contributed by atoms with van der Waals surface area (Å²) in [7, 11) is 0. The van der Waals surface area contributed by atoms with Crippen molar-refractivity contribution in [2.75, 3.05) is 49.7 Å². The second-order valence-electron chi connectivity index (χ2n) is 10.3. The van der Waals surface area contributed by atoms with Crippen LogP contribution in [0, 0.1) is 0 Å². The van der Waals surface area contributed by atoms with Gasteiger partial charge in [-0.2, -0.15) is 0 Å². The number of benzene rings is 5. The first-order chi connectivity index (χ1) is 20.7. The van der Waals surface area contributed by atoms with Gasteiger partial charge < -0.3 is 19.7 Å². The Bertz CT molecular complexity index is 1720. The molecule has 1 aliphatic rings. The fraction of sp³-hybridized carbons (Fsp3) is 0.171. The minimum Gasteiger partial charge on any atom is -0.489 e. The Morgan fingerprint density at radius 2 is 1.64 bits per heavy atom. The van der Waals surface area contributed by atoms with Crippen LogP contribution in [0.25, 0.3) is 27.6 Å². The van der Waals surface area contributed by atoms with Crippen LogP contribution in [0.3, 0.4) is 0 Å². The lowest BCUT2D eigenvalue weighted by atomic mass is 10.1. The lowest BCUT2D eigenvalue weighted by molar-refractivity contribution is 0.0706. The third-order valence-electron chi connectivity index (χ3n) is 7.53. The molecule has 5 aromatic carbocycles. The van der Waals surface area contributed by atoms with Gasteiger partial charge >= 0.3 is 0 Å². The van der Waals surface area contributed by atoms with Crippen LogP contribution in [0.4, 0.5) is 11.4 Å². The maximum atomic E-state index is 11.8. The number of morpholine rings is 1. The molecule has 0 aliphatic carbocycles. The van der Waals surface area contributed by atoms with Crippen molar-refractivity contribution >= 4 is 44.9 Å². The van der Waals surface area contributed by atoms with Gasteiger partial charge in [0.2, 0.25) is 0 Å². The van der Waals surface area contributed by atoms with Crippen molar-refractivity contribution in [2.24, 2.45) is 0 Å².